The van der Waals surface area contributed by atoms with Gasteiger partial charge in [0.25, 0.3) is 5.91 Å². The Kier molecular flexibility index (Phi) is 5.56. The number of aryl methyl sites for hydroxylation is 1. The van der Waals surface area contributed by atoms with Crippen molar-refractivity contribution in [2.45, 2.75) is 39.2 Å². The first kappa shape index (κ1) is 18.4. The Hall–Kier alpha value is -2.41. The largest absolute Gasteiger partial charge is 0.494 e. The van der Waals surface area contributed by atoms with Crippen LogP contribution in [-0.2, 0) is 4.79 Å². The minimum absolute atomic E-state index is 0.232. The summed E-state index contributed by atoms with van der Waals surface area (Å²) in [7, 11) is 0. The fourth-order valence-corrected chi connectivity index (χ4v) is 4.17. The van der Waals surface area contributed by atoms with Crippen LogP contribution in [0.1, 0.15) is 41.6 Å². The van der Waals surface area contributed by atoms with E-state index >= 15 is 0 Å². The van der Waals surface area contributed by atoms with E-state index in [-0.39, 0.29) is 5.91 Å². The number of rotatable bonds is 5. The lowest BCUT2D eigenvalue weighted by Gasteiger charge is -2.32. The molecule has 0 bridgehead atoms. The summed E-state index contributed by atoms with van der Waals surface area (Å²) in [5.74, 6) is -0.380. The van der Waals surface area contributed by atoms with Crippen LogP contribution >= 0.6 is 11.3 Å². The Morgan fingerprint density at radius 1 is 1.31 bits per heavy atom. The van der Waals surface area contributed by atoms with E-state index in [1.807, 2.05) is 31.2 Å². The molecule has 1 saturated heterocycles. The number of thiazole rings is 1. The molecule has 0 radical (unpaired) electrons. The van der Waals surface area contributed by atoms with Gasteiger partial charge in [0.1, 0.15) is 21.7 Å². The molecule has 0 spiro atoms. The smallest absolute Gasteiger partial charge is 0.326 e. The van der Waals surface area contributed by atoms with Crippen molar-refractivity contribution in [2.75, 3.05) is 13.2 Å². The topological polar surface area (TPSA) is 79.7 Å². The molecule has 1 amide bonds. The van der Waals surface area contributed by atoms with Crippen molar-refractivity contribution < 1.29 is 19.4 Å². The minimum Gasteiger partial charge on any atom is -0.494 e. The van der Waals surface area contributed by atoms with Crippen LogP contribution in [0.4, 0.5) is 0 Å². The highest BCUT2D eigenvalue weighted by Gasteiger charge is 2.34. The lowest BCUT2D eigenvalue weighted by atomic mass is 10.0. The number of benzene rings is 1. The predicted molar refractivity (Wildman–Crippen MR) is 99.8 cm³/mol. The van der Waals surface area contributed by atoms with Gasteiger partial charge >= 0.3 is 5.97 Å². The maximum absolute atomic E-state index is 12.9. The number of aromatic nitrogens is 1. The molecule has 1 aromatic heterocycles. The van der Waals surface area contributed by atoms with Crippen molar-refractivity contribution in [3.05, 3.63) is 34.8 Å². The highest BCUT2D eigenvalue weighted by molar-refractivity contribution is 7.17. The molecule has 0 aliphatic carbocycles. The summed E-state index contributed by atoms with van der Waals surface area (Å²) in [5, 5.41) is 10.2. The molecule has 7 heteroatoms. The van der Waals surface area contributed by atoms with E-state index in [0.29, 0.717) is 30.1 Å². The van der Waals surface area contributed by atoms with Crippen molar-refractivity contribution in [1.82, 2.24) is 9.88 Å². The number of hydrogen-bond donors (Lipinski definition) is 1. The van der Waals surface area contributed by atoms with E-state index in [4.69, 9.17) is 4.74 Å². The monoisotopic (exact) mass is 374 g/mol. The van der Waals surface area contributed by atoms with Gasteiger partial charge in [-0.25, -0.2) is 9.78 Å². The van der Waals surface area contributed by atoms with E-state index < -0.39 is 12.0 Å². The minimum atomic E-state index is -0.938. The van der Waals surface area contributed by atoms with Gasteiger partial charge in [-0.05, 0) is 57.4 Å². The van der Waals surface area contributed by atoms with Crippen LogP contribution in [0.3, 0.4) is 0 Å². The van der Waals surface area contributed by atoms with E-state index in [1.54, 1.807) is 6.92 Å². The zero-order chi connectivity index (χ0) is 18.7. The van der Waals surface area contributed by atoms with Gasteiger partial charge in [-0.15, -0.1) is 11.3 Å². The quantitative estimate of drug-likeness (QED) is 0.865. The Balaban J connectivity index is 1.85. The average molecular weight is 374 g/mol. The molecule has 2 aromatic rings. The van der Waals surface area contributed by atoms with Crippen molar-refractivity contribution in [3.63, 3.8) is 0 Å². The molecular weight excluding hydrogens is 352 g/mol. The first-order chi connectivity index (χ1) is 12.5. The number of carboxylic acid groups (broad SMARTS) is 1. The van der Waals surface area contributed by atoms with Crippen molar-refractivity contribution in [3.8, 4) is 16.3 Å². The molecule has 1 atom stereocenters. The van der Waals surface area contributed by atoms with Crippen molar-refractivity contribution in [1.29, 1.82) is 0 Å². The molecule has 3 rings (SSSR count). The van der Waals surface area contributed by atoms with Crippen LogP contribution in [-0.4, -0.2) is 46.1 Å². The normalized spacial score (nSPS) is 17.2. The van der Waals surface area contributed by atoms with E-state index in [1.165, 1.54) is 16.2 Å². The van der Waals surface area contributed by atoms with Crippen LogP contribution in [0.15, 0.2) is 24.3 Å². The number of nitrogens with zero attached hydrogens (tertiary/aromatic N) is 2. The van der Waals surface area contributed by atoms with Gasteiger partial charge in [-0.1, -0.05) is 0 Å². The number of likely N-dealkylation sites (tertiary alicyclic amines) is 1. The molecule has 1 fully saturated rings. The van der Waals surface area contributed by atoms with Crippen molar-refractivity contribution in [2.24, 2.45) is 0 Å². The third kappa shape index (κ3) is 3.72. The number of ether oxygens (including phenoxy) is 1. The highest BCUT2D eigenvalue weighted by Crippen LogP contribution is 2.31. The van der Waals surface area contributed by atoms with Crippen LogP contribution < -0.4 is 4.74 Å². The van der Waals surface area contributed by atoms with Crippen molar-refractivity contribution >= 4 is 23.2 Å². The summed E-state index contributed by atoms with van der Waals surface area (Å²) < 4.78 is 5.44. The maximum Gasteiger partial charge on any atom is 0.326 e. The summed E-state index contributed by atoms with van der Waals surface area (Å²) in [6.45, 7) is 4.81. The third-order valence-electron chi connectivity index (χ3n) is 4.45. The Bertz CT molecular complexity index is 800. The van der Waals surface area contributed by atoms with Gasteiger partial charge < -0.3 is 14.7 Å². The maximum atomic E-state index is 12.9. The Labute approximate surface area is 156 Å². The number of carbonyl (C=O) groups excluding carboxylic acids is 1. The third-order valence-corrected chi connectivity index (χ3v) is 5.65. The molecule has 0 unspecified atom stereocenters. The second-order valence-electron chi connectivity index (χ2n) is 6.24. The molecule has 6 nitrogen and oxygen atoms in total. The number of aliphatic carboxylic acids is 1. The van der Waals surface area contributed by atoms with Crippen LogP contribution in [0.5, 0.6) is 5.75 Å². The fraction of sp³-hybridized carbons (Fsp3) is 0.421. The Morgan fingerprint density at radius 3 is 2.69 bits per heavy atom. The molecule has 0 saturated carbocycles. The van der Waals surface area contributed by atoms with Gasteiger partial charge in [0, 0.05) is 12.1 Å². The fourth-order valence-electron chi connectivity index (χ4n) is 3.14. The number of amides is 1. The zero-order valence-corrected chi connectivity index (χ0v) is 15.7. The molecule has 26 heavy (non-hydrogen) atoms. The predicted octanol–water partition coefficient (Wildman–Crippen LogP) is 3.60. The number of hydrogen-bond acceptors (Lipinski definition) is 5. The van der Waals surface area contributed by atoms with Crippen LogP contribution in [0, 0.1) is 6.92 Å². The second-order valence-corrected chi connectivity index (χ2v) is 7.24. The van der Waals surface area contributed by atoms with Crippen LogP contribution in [0.2, 0.25) is 0 Å². The highest BCUT2D eigenvalue weighted by atomic mass is 32.1. The Morgan fingerprint density at radius 2 is 2.04 bits per heavy atom. The first-order valence-electron chi connectivity index (χ1n) is 8.75. The number of carbonyl (C=O) groups is 2. The van der Waals surface area contributed by atoms with E-state index in [9.17, 15) is 14.7 Å². The molecule has 1 N–H and O–H groups in total. The van der Waals surface area contributed by atoms with E-state index in [2.05, 4.69) is 4.98 Å². The van der Waals surface area contributed by atoms with E-state index in [0.717, 1.165) is 29.2 Å². The SMILES string of the molecule is CCOc1ccc(-c2nc(C)c(C(=O)N3CCCC[C@@H]3C(=O)O)s2)cc1. The summed E-state index contributed by atoms with van der Waals surface area (Å²) in [6.07, 6.45) is 2.17. The summed E-state index contributed by atoms with van der Waals surface area (Å²) in [5.41, 5.74) is 1.55. The second kappa shape index (κ2) is 7.86. The molecule has 1 aliphatic rings. The lowest BCUT2D eigenvalue weighted by molar-refractivity contribution is -0.143. The van der Waals surface area contributed by atoms with Gasteiger partial charge in [0.2, 0.25) is 0 Å². The summed E-state index contributed by atoms with van der Waals surface area (Å²) in [6, 6.07) is 6.84. The standard InChI is InChI=1S/C19H22N2O4S/c1-3-25-14-9-7-13(8-10-14)17-20-12(2)16(26-17)18(22)21-11-5-4-6-15(21)19(23)24/h7-10,15H,3-6,11H2,1-2H3,(H,23,24)/t15-/m1/s1. The zero-order valence-electron chi connectivity index (χ0n) is 14.9. The van der Waals surface area contributed by atoms with Gasteiger partial charge in [0.05, 0.1) is 12.3 Å². The summed E-state index contributed by atoms with van der Waals surface area (Å²) in [4.78, 5) is 30.9. The molecule has 1 aromatic carbocycles. The molecular formula is C19H22N2O4S. The van der Waals surface area contributed by atoms with Gasteiger partial charge in [-0.3, -0.25) is 4.79 Å². The average Bonchev–Trinajstić information content (AvgIpc) is 3.03. The summed E-state index contributed by atoms with van der Waals surface area (Å²) >= 11 is 1.31. The lowest BCUT2D eigenvalue weighted by Crippen LogP contribution is -2.47. The first-order valence-corrected chi connectivity index (χ1v) is 9.57. The number of carboxylic acids is 1. The molecule has 138 valence electrons. The number of piperidine rings is 1. The molecule has 1 aliphatic heterocycles. The van der Waals surface area contributed by atoms with Gasteiger partial charge in [-0.2, -0.15) is 0 Å². The van der Waals surface area contributed by atoms with Gasteiger partial charge in [0.15, 0.2) is 0 Å². The molecule has 2 heterocycles. The van der Waals surface area contributed by atoms with Crippen LogP contribution in [0.25, 0.3) is 10.6 Å².